The monoisotopic (exact) mass is 280 g/mol. The van der Waals surface area contributed by atoms with E-state index in [-0.39, 0.29) is 5.78 Å². The number of allylic oxidation sites excluding steroid dienone is 1. The number of aryl methyl sites for hydroxylation is 1. The van der Waals surface area contributed by atoms with Gasteiger partial charge in [0.15, 0.2) is 5.78 Å². The first kappa shape index (κ1) is 12.9. The molecule has 1 aromatic heterocycles. The predicted molar refractivity (Wildman–Crippen MR) is 73.0 cm³/mol. The molecule has 0 fully saturated rings. The maximum absolute atomic E-state index is 11.9. The lowest BCUT2D eigenvalue weighted by atomic mass is 10.1. The fraction of sp³-hybridized carbons (Fsp3) is 0.0769. The van der Waals surface area contributed by atoms with Gasteiger partial charge in [-0.15, -0.1) is 0 Å². The minimum atomic E-state index is -0.178. The molecule has 18 heavy (non-hydrogen) atoms. The van der Waals surface area contributed by atoms with Crippen LogP contribution in [-0.4, -0.2) is 15.6 Å². The van der Waals surface area contributed by atoms with E-state index in [9.17, 15) is 4.79 Å². The zero-order valence-corrected chi connectivity index (χ0v) is 11.1. The highest BCUT2D eigenvalue weighted by Gasteiger charge is 2.07. The van der Waals surface area contributed by atoms with E-state index in [0.29, 0.717) is 15.6 Å². The van der Waals surface area contributed by atoms with Gasteiger partial charge in [-0.3, -0.25) is 9.48 Å². The third-order valence-electron chi connectivity index (χ3n) is 2.34. The Labute approximate surface area is 115 Å². The highest BCUT2D eigenvalue weighted by molar-refractivity contribution is 6.37. The van der Waals surface area contributed by atoms with Gasteiger partial charge in [-0.05, 0) is 36.4 Å². The van der Waals surface area contributed by atoms with Crippen LogP contribution in [0.15, 0.2) is 36.5 Å². The summed E-state index contributed by atoms with van der Waals surface area (Å²) in [7, 11) is 1.81. The number of carbonyl (C=O) groups is 1. The lowest BCUT2D eigenvalue weighted by molar-refractivity contribution is 0.104. The van der Waals surface area contributed by atoms with Crippen molar-refractivity contribution in [1.29, 1.82) is 0 Å². The summed E-state index contributed by atoms with van der Waals surface area (Å²) in [4.78, 5) is 11.9. The molecular weight excluding hydrogens is 271 g/mol. The second-order valence-electron chi connectivity index (χ2n) is 3.74. The van der Waals surface area contributed by atoms with Crippen molar-refractivity contribution in [3.05, 3.63) is 57.8 Å². The molecule has 1 aromatic carbocycles. The molecule has 1 heterocycles. The Hall–Kier alpha value is -1.58. The molecule has 0 spiro atoms. The summed E-state index contributed by atoms with van der Waals surface area (Å²) >= 11 is 11.7. The van der Waals surface area contributed by atoms with Gasteiger partial charge in [-0.1, -0.05) is 23.2 Å². The Kier molecular flexibility index (Phi) is 3.84. The molecule has 0 aliphatic carbocycles. The molecule has 5 heteroatoms. The first-order valence-corrected chi connectivity index (χ1v) is 5.99. The van der Waals surface area contributed by atoms with Crippen LogP contribution >= 0.6 is 23.2 Å². The van der Waals surface area contributed by atoms with Crippen LogP contribution in [0.1, 0.15) is 16.1 Å². The molecule has 0 unspecified atom stereocenters. The molecule has 0 aliphatic heterocycles. The summed E-state index contributed by atoms with van der Waals surface area (Å²) in [5.74, 6) is -0.178. The van der Waals surface area contributed by atoms with Crippen molar-refractivity contribution in [2.24, 2.45) is 7.05 Å². The first-order chi connectivity index (χ1) is 8.56. The van der Waals surface area contributed by atoms with Crippen LogP contribution < -0.4 is 0 Å². The van der Waals surface area contributed by atoms with Crippen LogP contribution in [0.3, 0.4) is 0 Å². The summed E-state index contributed by atoms with van der Waals surface area (Å²) in [6.07, 6.45) is 4.89. The van der Waals surface area contributed by atoms with Gasteiger partial charge in [-0.2, -0.15) is 5.10 Å². The average Bonchev–Trinajstić information content (AvgIpc) is 2.72. The molecule has 0 amide bonds. The maximum atomic E-state index is 11.9. The van der Waals surface area contributed by atoms with Crippen molar-refractivity contribution in [2.75, 3.05) is 0 Å². The fourth-order valence-corrected chi connectivity index (χ4v) is 1.96. The zero-order chi connectivity index (χ0) is 13.1. The van der Waals surface area contributed by atoms with E-state index in [0.717, 1.165) is 5.69 Å². The second-order valence-corrected chi connectivity index (χ2v) is 4.58. The Balaban J connectivity index is 2.19. The third kappa shape index (κ3) is 3.00. The van der Waals surface area contributed by atoms with Crippen molar-refractivity contribution < 1.29 is 4.79 Å². The van der Waals surface area contributed by atoms with Gasteiger partial charge in [0, 0.05) is 23.8 Å². The topological polar surface area (TPSA) is 34.9 Å². The zero-order valence-electron chi connectivity index (χ0n) is 9.60. The molecule has 3 nitrogen and oxygen atoms in total. The highest BCUT2D eigenvalue weighted by atomic mass is 35.5. The van der Waals surface area contributed by atoms with E-state index in [4.69, 9.17) is 23.2 Å². The number of rotatable bonds is 3. The van der Waals surface area contributed by atoms with Gasteiger partial charge in [0.05, 0.1) is 10.7 Å². The number of hydrogen-bond acceptors (Lipinski definition) is 2. The molecular formula is C13H10Cl2N2O. The van der Waals surface area contributed by atoms with Gasteiger partial charge < -0.3 is 0 Å². The molecule has 92 valence electrons. The smallest absolute Gasteiger partial charge is 0.187 e. The first-order valence-electron chi connectivity index (χ1n) is 5.23. The van der Waals surface area contributed by atoms with Gasteiger partial charge in [0.2, 0.25) is 0 Å². The summed E-state index contributed by atoms with van der Waals surface area (Å²) < 4.78 is 1.67. The molecule has 0 saturated carbocycles. The highest BCUT2D eigenvalue weighted by Crippen LogP contribution is 2.21. The van der Waals surface area contributed by atoms with Gasteiger partial charge in [-0.25, -0.2) is 0 Å². The van der Waals surface area contributed by atoms with Crippen LogP contribution in [0.25, 0.3) is 6.08 Å². The van der Waals surface area contributed by atoms with Crippen LogP contribution in [0.4, 0.5) is 0 Å². The number of nitrogens with zero attached hydrogens (tertiary/aromatic N) is 2. The third-order valence-corrected chi connectivity index (χ3v) is 2.88. The molecule has 0 saturated heterocycles. The number of benzene rings is 1. The average molecular weight is 281 g/mol. The standard InChI is InChI=1S/C13H10Cl2N2O/c1-17-7-6-10(16-17)3-5-13(18)11-4-2-9(14)8-12(11)15/h2-8H,1H3/b5-3+. The minimum absolute atomic E-state index is 0.178. The molecule has 2 aromatic rings. The summed E-state index contributed by atoms with van der Waals surface area (Å²) in [6.45, 7) is 0. The van der Waals surface area contributed by atoms with E-state index in [1.54, 1.807) is 35.2 Å². The Morgan fingerprint density at radius 1 is 1.33 bits per heavy atom. The minimum Gasteiger partial charge on any atom is -0.289 e. The van der Waals surface area contributed by atoms with E-state index >= 15 is 0 Å². The number of halogens is 2. The quantitative estimate of drug-likeness (QED) is 0.636. The van der Waals surface area contributed by atoms with Crippen molar-refractivity contribution in [2.45, 2.75) is 0 Å². The van der Waals surface area contributed by atoms with E-state index in [1.165, 1.54) is 6.08 Å². The van der Waals surface area contributed by atoms with Gasteiger partial charge in [0.25, 0.3) is 0 Å². The number of carbonyl (C=O) groups excluding carboxylic acids is 1. The maximum Gasteiger partial charge on any atom is 0.187 e. The molecule has 0 atom stereocenters. The van der Waals surface area contributed by atoms with Crippen molar-refractivity contribution in [3.8, 4) is 0 Å². The van der Waals surface area contributed by atoms with Crippen molar-refractivity contribution >= 4 is 35.1 Å². The Morgan fingerprint density at radius 3 is 2.72 bits per heavy atom. The predicted octanol–water partition coefficient (Wildman–Crippen LogP) is 3.62. The van der Waals surface area contributed by atoms with Crippen LogP contribution in [0.5, 0.6) is 0 Å². The van der Waals surface area contributed by atoms with E-state index in [2.05, 4.69) is 5.10 Å². The van der Waals surface area contributed by atoms with Gasteiger partial charge >= 0.3 is 0 Å². The number of aromatic nitrogens is 2. The summed E-state index contributed by atoms with van der Waals surface area (Å²) in [5.41, 5.74) is 1.14. The molecule has 0 N–H and O–H groups in total. The normalized spacial score (nSPS) is 11.1. The lowest BCUT2D eigenvalue weighted by Gasteiger charge is -1.99. The number of hydrogen-bond donors (Lipinski definition) is 0. The summed E-state index contributed by atoms with van der Waals surface area (Å²) in [6, 6.07) is 6.60. The molecule has 0 radical (unpaired) electrons. The van der Waals surface area contributed by atoms with Crippen LogP contribution in [-0.2, 0) is 7.05 Å². The molecule has 2 rings (SSSR count). The van der Waals surface area contributed by atoms with Crippen LogP contribution in [0, 0.1) is 0 Å². The number of ketones is 1. The summed E-state index contributed by atoms with van der Waals surface area (Å²) in [5, 5.41) is 4.99. The molecule has 0 aliphatic rings. The van der Waals surface area contributed by atoms with Crippen LogP contribution in [0.2, 0.25) is 10.0 Å². The van der Waals surface area contributed by atoms with E-state index in [1.807, 2.05) is 13.1 Å². The van der Waals surface area contributed by atoms with Crippen molar-refractivity contribution in [1.82, 2.24) is 9.78 Å². The lowest BCUT2D eigenvalue weighted by Crippen LogP contribution is -1.95. The fourth-order valence-electron chi connectivity index (χ4n) is 1.46. The largest absolute Gasteiger partial charge is 0.289 e. The van der Waals surface area contributed by atoms with E-state index < -0.39 is 0 Å². The van der Waals surface area contributed by atoms with Gasteiger partial charge in [0.1, 0.15) is 0 Å². The SMILES string of the molecule is Cn1ccc(/C=C/C(=O)c2ccc(Cl)cc2Cl)n1. The Bertz CT molecular complexity index is 617. The van der Waals surface area contributed by atoms with Crippen molar-refractivity contribution in [3.63, 3.8) is 0 Å². The molecule has 0 bridgehead atoms. The Morgan fingerprint density at radius 2 is 2.11 bits per heavy atom. The second kappa shape index (κ2) is 5.38.